The molecule has 1 heterocycles. The fourth-order valence-electron chi connectivity index (χ4n) is 3.85. The molecule has 0 unspecified atom stereocenters. The number of aromatic hydroxyl groups is 1. The van der Waals surface area contributed by atoms with E-state index < -0.39 is 0 Å². The number of aromatic nitrogens is 3. The van der Waals surface area contributed by atoms with E-state index in [0.29, 0.717) is 24.7 Å². The van der Waals surface area contributed by atoms with Crippen LogP contribution in [-0.2, 0) is 0 Å². The number of hydrogen-bond acceptors (Lipinski definition) is 5. The number of ether oxygens (including phenoxy) is 2. The number of hydrogen-bond donors (Lipinski definition) is 1. The molecule has 1 aromatic heterocycles. The van der Waals surface area contributed by atoms with Crippen molar-refractivity contribution < 1.29 is 14.6 Å². The van der Waals surface area contributed by atoms with Crippen molar-refractivity contribution in [3.05, 3.63) is 36.4 Å². The first-order valence-electron chi connectivity index (χ1n) is 12.7. The number of unbranched alkanes of at least 4 members (excludes halogenated alkanes) is 9. The molecule has 3 aromatic rings. The van der Waals surface area contributed by atoms with Crippen LogP contribution in [0.1, 0.15) is 84.5 Å². The van der Waals surface area contributed by atoms with Crippen LogP contribution in [0.25, 0.3) is 16.7 Å². The molecule has 0 aliphatic rings. The van der Waals surface area contributed by atoms with Crippen molar-refractivity contribution in [2.24, 2.45) is 0 Å². The van der Waals surface area contributed by atoms with Crippen molar-refractivity contribution in [1.29, 1.82) is 0 Å². The number of rotatable bonds is 16. The van der Waals surface area contributed by atoms with E-state index in [1.807, 2.05) is 24.3 Å². The second kappa shape index (κ2) is 13.7. The highest BCUT2D eigenvalue weighted by molar-refractivity contribution is 5.75. The maximum atomic E-state index is 10.5. The van der Waals surface area contributed by atoms with E-state index >= 15 is 0 Å². The van der Waals surface area contributed by atoms with Gasteiger partial charge in [0.25, 0.3) is 0 Å². The Morgan fingerprint density at radius 1 is 0.667 bits per heavy atom. The van der Waals surface area contributed by atoms with Gasteiger partial charge >= 0.3 is 0 Å². The first-order valence-corrected chi connectivity index (χ1v) is 12.7. The quantitative estimate of drug-likeness (QED) is 0.232. The lowest BCUT2D eigenvalue weighted by molar-refractivity contribution is 0.302. The molecule has 2 aromatic carbocycles. The Hall–Kier alpha value is -2.76. The maximum absolute atomic E-state index is 10.5. The molecule has 180 valence electrons. The van der Waals surface area contributed by atoms with Gasteiger partial charge in [0.15, 0.2) is 0 Å². The highest BCUT2D eigenvalue weighted by atomic mass is 16.5. The van der Waals surface area contributed by atoms with E-state index in [9.17, 15) is 5.11 Å². The monoisotopic (exact) mass is 453 g/mol. The van der Waals surface area contributed by atoms with Gasteiger partial charge in [-0.25, -0.2) is 0 Å². The molecule has 0 atom stereocenters. The maximum Gasteiger partial charge on any atom is 0.146 e. The molecule has 0 saturated heterocycles. The summed E-state index contributed by atoms with van der Waals surface area (Å²) in [5.74, 6) is 1.54. The zero-order valence-corrected chi connectivity index (χ0v) is 20.3. The van der Waals surface area contributed by atoms with Crippen LogP contribution < -0.4 is 9.47 Å². The molecule has 6 nitrogen and oxygen atoms in total. The van der Waals surface area contributed by atoms with Gasteiger partial charge in [-0.2, -0.15) is 0 Å². The number of nitrogens with zero attached hydrogens (tertiary/aromatic N) is 3. The number of phenols is 1. The fourth-order valence-corrected chi connectivity index (χ4v) is 3.85. The SMILES string of the molecule is CCCCCCCCCCCCOc1ccc(-n2nc3ccc(OCCC)cc3n2)c(O)c1. The summed E-state index contributed by atoms with van der Waals surface area (Å²) in [7, 11) is 0. The molecule has 0 aliphatic carbocycles. The minimum atomic E-state index is 0.0957. The molecule has 0 fully saturated rings. The zero-order chi connectivity index (χ0) is 23.3. The van der Waals surface area contributed by atoms with Crippen molar-refractivity contribution in [3.8, 4) is 22.9 Å². The van der Waals surface area contributed by atoms with Crippen LogP contribution in [0.3, 0.4) is 0 Å². The molecule has 0 aliphatic heterocycles. The lowest BCUT2D eigenvalue weighted by atomic mass is 10.1. The van der Waals surface area contributed by atoms with Crippen molar-refractivity contribution in [2.45, 2.75) is 84.5 Å². The van der Waals surface area contributed by atoms with Gasteiger partial charge in [-0.1, -0.05) is 71.6 Å². The van der Waals surface area contributed by atoms with E-state index in [4.69, 9.17) is 9.47 Å². The third kappa shape index (κ3) is 7.95. The van der Waals surface area contributed by atoms with E-state index in [1.165, 1.54) is 62.6 Å². The molecule has 0 amide bonds. The molecular weight excluding hydrogens is 414 g/mol. The van der Waals surface area contributed by atoms with Crippen LogP contribution in [0.15, 0.2) is 36.4 Å². The fraction of sp³-hybridized carbons (Fsp3) is 0.556. The Bertz CT molecular complexity index is 970. The molecule has 0 saturated carbocycles. The summed E-state index contributed by atoms with van der Waals surface area (Å²) in [6, 6.07) is 10.9. The average Bonchev–Trinajstić information content (AvgIpc) is 3.24. The minimum absolute atomic E-state index is 0.0957. The van der Waals surface area contributed by atoms with Crippen LogP contribution in [0, 0.1) is 0 Å². The highest BCUT2D eigenvalue weighted by Gasteiger charge is 2.11. The normalized spacial score (nSPS) is 11.2. The molecule has 3 rings (SSSR count). The van der Waals surface area contributed by atoms with E-state index in [0.717, 1.165) is 29.6 Å². The summed E-state index contributed by atoms with van der Waals surface area (Å²) in [6.07, 6.45) is 13.9. The van der Waals surface area contributed by atoms with Gasteiger partial charge in [-0.3, -0.25) is 0 Å². The van der Waals surface area contributed by atoms with Gasteiger partial charge in [0.05, 0.1) is 13.2 Å². The largest absolute Gasteiger partial charge is 0.505 e. The summed E-state index contributed by atoms with van der Waals surface area (Å²) < 4.78 is 11.5. The molecule has 1 N–H and O–H groups in total. The van der Waals surface area contributed by atoms with Crippen molar-refractivity contribution in [2.75, 3.05) is 13.2 Å². The lowest BCUT2D eigenvalue weighted by Gasteiger charge is -2.09. The third-order valence-corrected chi connectivity index (χ3v) is 5.75. The van der Waals surface area contributed by atoms with Crippen LogP contribution in [0.4, 0.5) is 0 Å². The predicted octanol–water partition coefficient (Wildman–Crippen LogP) is 7.21. The first kappa shape index (κ1) is 24.9. The van der Waals surface area contributed by atoms with E-state index in [1.54, 1.807) is 12.1 Å². The van der Waals surface area contributed by atoms with Crippen LogP contribution >= 0.6 is 0 Å². The Morgan fingerprint density at radius 2 is 1.27 bits per heavy atom. The standard InChI is InChI=1S/C27H39N3O3/c1-3-5-6-7-8-9-10-11-12-13-19-33-23-15-17-26(27(31)21-23)30-28-24-16-14-22(32-18-4-2)20-25(24)29-30/h14-17,20-21,31H,3-13,18-19H2,1-2H3. The molecular formula is C27H39N3O3. The summed E-state index contributed by atoms with van der Waals surface area (Å²) in [5, 5.41) is 19.5. The Morgan fingerprint density at radius 3 is 1.97 bits per heavy atom. The van der Waals surface area contributed by atoms with Gasteiger partial charge in [0, 0.05) is 12.1 Å². The summed E-state index contributed by atoms with van der Waals surface area (Å²) in [6.45, 7) is 5.67. The Balaban J connectivity index is 1.42. The number of phenolic OH excluding ortho intramolecular Hbond substituents is 1. The molecule has 33 heavy (non-hydrogen) atoms. The van der Waals surface area contributed by atoms with Crippen LogP contribution in [-0.4, -0.2) is 33.3 Å². The van der Waals surface area contributed by atoms with Crippen LogP contribution in [0.5, 0.6) is 17.2 Å². The molecule has 6 heteroatoms. The smallest absolute Gasteiger partial charge is 0.146 e. The Labute approximate surface area is 197 Å². The van der Waals surface area contributed by atoms with Crippen molar-refractivity contribution in [1.82, 2.24) is 15.0 Å². The second-order valence-corrected chi connectivity index (χ2v) is 8.67. The second-order valence-electron chi connectivity index (χ2n) is 8.67. The first-order chi connectivity index (χ1) is 16.2. The summed E-state index contributed by atoms with van der Waals surface area (Å²) >= 11 is 0. The predicted molar refractivity (Wildman–Crippen MR) is 134 cm³/mol. The van der Waals surface area contributed by atoms with Crippen molar-refractivity contribution >= 4 is 11.0 Å². The number of benzene rings is 2. The van der Waals surface area contributed by atoms with Gasteiger partial charge in [0.1, 0.15) is 34.0 Å². The number of fused-ring (bicyclic) bond motifs is 1. The lowest BCUT2D eigenvalue weighted by Crippen LogP contribution is -2.01. The molecule has 0 radical (unpaired) electrons. The van der Waals surface area contributed by atoms with Gasteiger partial charge < -0.3 is 14.6 Å². The van der Waals surface area contributed by atoms with Gasteiger partial charge in [-0.15, -0.1) is 15.0 Å². The average molecular weight is 454 g/mol. The van der Waals surface area contributed by atoms with Crippen LogP contribution in [0.2, 0.25) is 0 Å². The highest BCUT2D eigenvalue weighted by Crippen LogP contribution is 2.27. The van der Waals surface area contributed by atoms with Crippen molar-refractivity contribution in [3.63, 3.8) is 0 Å². The zero-order valence-electron chi connectivity index (χ0n) is 20.3. The molecule has 0 bridgehead atoms. The van der Waals surface area contributed by atoms with E-state index in [-0.39, 0.29) is 5.75 Å². The summed E-state index contributed by atoms with van der Waals surface area (Å²) in [4.78, 5) is 1.45. The summed E-state index contributed by atoms with van der Waals surface area (Å²) in [5.41, 5.74) is 2.00. The Kier molecular flexibility index (Phi) is 10.3. The topological polar surface area (TPSA) is 69.4 Å². The van der Waals surface area contributed by atoms with E-state index in [2.05, 4.69) is 24.0 Å². The van der Waals surface area contributed by atoms with Gasteiger partial charge in [0.2, 0.25) is 0 Å². The minimum Gasteiger partial charge on any atom is -0.505 e. The third-order valence-electron chi connectivity index (χ3n) is 5.75. The van der Waals surface area contributed by atoms with Gasteiger partial charge in [-0.05, 0) is 37.1 Å². The molecule has 0 spiro atoms.